The SMILES string of the molecule is CCOCCCN(CC(=O)N1CCc2sccc2C1c1ccccc1)S(C)(=O)=O. The summed E-state index contributed by atoms with van der Waals surface area (Å²) in [5, 5.41) is 2.06. The number of rotatable bonds is 9. The Labute approximate surface area is 177 Å². The van der Waals surface area contributed by atoms with Gasteiger partial charge in [-0.05, 0) is 42.3 Å². The number of hydrogen-bond donors (Lipinski definition) is 0. The van der Waals surface area contributed by atoms with Gasteiger partial charge in [0, 0.05) is 31.2 Å². The van der Waals surface area contributed by atoms with Crippen LogP contribution in [-0.2, 0) is 26.0 Å². The molecule has 0 saturated heterocycles. The lowest BCUT2D eigenvalue weighted by Gasteiger charge is -2.37. The lowest BCUT2D eigenvalue weighted by atomic mass is 9.93. The third-order valence-electron chi connectivity index (χ3n) is 5.08. The molecule has 1 unspecified atom stereocenters. The molecule has 0 saturated carbocycles. The van der Waals surface area contributed by atoms with Gasteiger partial charge in [-0.25, -0.2) is 8.42 Å². The molecule has 6 nitrogen and oxygen atoms in total. The first kappa shape index (κ1) is 22.0. The highest BCUT2D eigenvalue weighted by Gasteiger charge is 2.34. The number of benzene rings is 1. The Morgan fingerprint density at radius 1 is 1.28 bits per heavy atom. The molecule has 2 heterocycles. The van der Waals surface area contributed by atoms with E-state index in [2.05, 4.69) is 11.4 Å². The average molecular weight is 437 g/mol. The van der Waals surface area contributed by atoms with Gasteiger partial charge >= 0.3 is 0 Å². The zero-order valence-electron chi connectivity index (χ0n) is 16.9. The van der Waals surface area contributed by atoms with E-state index in [0.717, 1.165) is 23.8 Å². The Morgan fingerprint density at radius 2 is 2.03 bits per heavy atom. The summed E-state index contributed by atoms with van der Waals surface area (Å²) in [6.45, 7) is 3.68. The summed E-state index contributed by atoms with van der Waals surface area (Å²) < 4.78 is 31.0. The molecule has 1 aromatic carbocycles. The van der Waals surface area contributed by atoms with Gasteiger partial charge in [0.15, 0.2) is 0 Å². The van der Waals surface area contributed by atoms with E-state index in [4.69, 9.17) is 4.74 Å². The number of amides is 1. The summed E-state index contributed by atoms with van der Waals surface area (Å²) in [4.78, 5) is 16.4. The van der Waals surface area contributed by atoms with Gasteiger partial charge in [0.05, 0.1) is 18.8 Å². The molecule has 0 bridgehead atoms. The van der Waals surface area contributed by atoms with E-state index in [9.17, 15) is 13.2 Å². The topological polar surface area (TPSA) is 66.9 Å². The Morgan fingerprint density at radius 3 is 2.72 bits per heavy atom. The monoisotopic (exact) mass is 436 g/mol. The van der Waals surface area contributed by atoms with Crippen LogP contribution in [0.2, 0.25) is 0 Å². The first-order chi connectivity index (χ1) is 13.9. The van der Waals surface area contributed by atoms with Crippen molar-refractivity contribution in [2.75, 3.05) is 39.1 Å². The van der Waals surface area contributed by atoms with Gasteiger partial charge in [-0.15, -0.1) is 11.3 Å². The summed E-state index contributed by atoms with van der Waals surface area (Å²) in [7, 11) is -3.49. The van der Waals surface area contributed by atoms with Crippen LogP contribution in [0.1, 0.15) is 35.4 Å². The summed E-state index contributed by atoms with van der Waals surface area (Å²) in [6.07, 6.45) is 2.51. The Balaban J connectivity index is 1.80. The fourth-order valence-corrected chi connectivity index (χ4v) is 5.38. The van der Waals surface area contributed by atoms with E-state index in [1.54, 1.807) is 11.3 Å². The number of nitrogens with zero attached hydrogens (tertiary/aromatic N) is 2. The summed E-state index contributed by atoms with van der Waals surface area (Å²) >= 11 is 1.71. The lowest BCUT2D eigenvalue weighted by molar-refractivity contribution is -0.133. The van der Waals surface area contributed by atoms with Gasteiger partial charge in [-0.1, -0.05) is 30.3 Å². The predicted molar refractivity (Wildman–Crippen MR) is 116 cm³/mol. The number of carbonyl (C=O) groups excluding carboxylic acids is 1. The summed E-state index contributed by atoms with van der Waals surface area (Å²) in [5.74, 6) is -0.169. The molecule has 1 atom stereocenters. The van der Waals surface area contributed by atoms with Crippen molar-refractivity contribution in [1.29, 1.82) is 0 Å². The Bertz CT molecular complexity index is 912. The predicted octanol–water partition coefficient (Wildman–Crippen LogP) is 2.91. The minimum Gasteiger partial charge on any atom is -0.382 e. The van der Waals surface area contributed by atoms with E-state index >= 15 is 0 Å². The maximum Gasteiger partial charge on any atom is 0.238 e. The van der Waals surface area contributed by atoms with E-state index in [-0.39, 0.29) is 25.0 Å². The highest BCUT2D eigenvalue weighted by molar-refractivity contribution is 7.88. The molecular weight excluding hydrogens is 408 g/mol. The van der Waals surface area contributed by atoms with Crippen LogP contribution in [0.25, 0.3) is 0 Å². The average Bonchev–Trinajstić information content (AvgIpc) is 3.18. The quantitative estimate of drug-likeness (QED) is 0.567. The van der Waals surface area contributed by atoms with Crippen molar-refractivity contribution in [1.82, 2.24) is 9.21 Å². The maximum atomic E-state index is 13.3. The molecule has 8 heteroatoms. The molecule has 1 aromatic heterocycles. The molecule has 2 aromatic rings. The first-order valence-corrected chi connectivity index (χ1v) is 12.6. The second-order valence-corrected chi connectivity index (χ2v) is 10.1. The fourth-order valence-electron chi connectivity index (χ4n) is 3.67. The zero-order valence-corrected chi connectivity index (χ0v) is 18.5. The lowest BCUT2D eigenvalue weighted by Crippen LogP contribution is -2.46. The van der Waals surface area contributed by atoms with Crippen LogP contribution in [0, 0.1) is 0 Å². The van der Waals surface area contributed by atoms with E-state index in [1.165, 1.54) is 9.18 Å². The van der Waals surface area contributed by atoms with Crippen molar-refractivity contribution in [3.05, 3.63) is 57.8 Å². The third kappa shape index (κ3) is 5.45. The smallest absolute Gasteiger partial charge is 0.238 e. The van der Waals surface area contributed by atoms with Gasteiger partial charge in [0.2, 0.25) is 15.9 Å². The number of fused-ring (bicyclic) bond motifs is 1. The van der Waals surface area contributed by atoms with Crippen LogP contribution < -0.4 is 0 Å². The van der Waals surface area contributed by atoms with Gasteiger partial charge in [0.25, 0.3) is 0 Å². The minimum atomic E-state index is -3.49. The largest absolute Gasteiger partial charge is 0.382 e. The molecule has 3 rings (SSSR count). The summed E-state index contributed by atoms with van der Waals surface area (Å²) in [6, 6.07) is 11.8. The molecule has 0 spiro atoms. The van der Waals surface area contributed by atoms with E-state index in [1.807, 2.05) is 42.2 Å². The normalized spacial score (nSPS) is 16.8. The maximum absolute atomic E-state index is 13.3. The van der Waals surface area contributed by atoms with E-state index < -0.39 is 10.0 Å². The summed E-state index contributed by atoms with van der Waals surface area (Å²) in [5.41, 5.74) is 2.19. The molecule has 29 heavy (non-hydrogen) atoms. The molecular formula is C21H28N2O4S2. The van der Waals surface area contributed by atoms with Gasteiger partial charge in [-0.2, -0.15) is 4.31 Å². The number of hydrogen-bond acceptors (Lipinski definition) is 5. The molecule has 0 aliphatic carbocycles. The van der Waals surface area contributed by atoms with Crippen LogP contribution >= 0.6 is 11.3 Å². The van der Waals surface area contributed by atoms with Gasteiger partial charge in [0.1, 0.15) is 0 Å². The second kappa shape index (κ2) is 9.84. The first-order valence-electron chi connectivity index (χ1n) is 9.85. The van der Waals surface area contributed by atoms with Crippen molar-refractivity contribution >= 4 is 27.3 Å². The van der Waals surface area contributed by atoms with Crippen LogP contribution in [0.5, 0.6) is 0 Å². The number of thiophene rings is 1. The zero-order chi connectivity index (χ0) is 20.9. The number of carbonyl (C=O) groups is 1. The van der Waals surface area contributed by atoms with Crippen LogP contribution in [0.4, 0.5) is 0 Å². The molecule has 0 fully saturated rings. The Kier molecular flexibility index (Phi) is 7.45. The fraction of sp³-hybridized carbons (Fsp3) is 0.476. The van der Waals surface area contributed by atoms with E-state index in [0.29, 0.717) is 26.2 Å². The minimum absolute atomic E-state index is 0.145. The molecule has 0 radical (unpaired) electrons. The van der Waals surface area contributed by atoms with Crippen LogP contribution in [0.3, 0.4) is 0 Å². The highest BCUT2D eigenvalue weighted by atomic mass is 32.2. The van der Waals surface area contributed by atoms with Crippen LogP contribution in [0.15, 0.2) is 41.8 Å². The molecule has 1 amide bonds. The standard InChI is InChI=1S/C21H28N2O4S2/c1-3-27-14-7-12-22(29(2,25)26)16-20(24)23-13-10-19-18(11-15-28-19)21(23)17-8-5-4-6-9-17/h4-6,8-9,11,15,21H,3,7,10,12-14,16H2,1-2H3. The van der Waals surface area contributed by atoms with Crippen molar-refractivity contribution in [3.63, 3.8) is 0 Å². The third-order valence-corrected chi connectivity index (χ3v) is 7.33. The van der Waals surface area contributed by atoms with Crippen molar-refractivity contribution in [2.45, 2.75) is 25.8 Å². The molecule has 158 valence electrons. The molecule has 0 N–H and O–H groups in total. The highest BCUT2D eigenvalue weighted by Crippen LogP contribution is 2.37. The second-order valence-electron chi connectivity index (χ2n) is 7.10. The van der Waals surface area contributed by atoms with Crippen molar-refractivity contribution in [2.24, 2.45) is 0 Å². The van der Waals surface area contributed by atoms with Crippen LogP contribution in [-0.4, -0.2) is 62.6 Å². The molecule has 1 aliphatic heterocycles. The van der Waals surface area contributed by atoms with Gasteiger partial charge in [-0.3, -0.25) is 4.79 Å². The van der Waals surface area contributed by atoms with Gasteiger partial charge < -0.3 is 9.64 Å². The molecule has 1 aliphatic rings. The van der Waals surface area contributed by atoms with Crippen molar-refractivity contribution in [3.8, 4) is 0 Å². The van der Waals surface area contributed by atoms with Crippen molar-refractivity contribution < 1.29 is 17.9 Å². The number of sulfonamides is 1. The Hall–Kier alpha value is -1.74. The number of ether oxygens (including phenoxy) is 1.